The molecule has 2 aromatic rings. The van der Waals surface area contributed by atoms with Crippen LogP contribution in [0.3, 0.4) is 0 Å². The lowest BCUT2D eigenvalue weighted by Crippen LogP contribution is -2.39. The molecule has 1 N–H and O–H groups in total. The number of carbonyl (C=O) groups excluding carboxylic acids is 1. The first kappa shape index (κ1) is 18.8. The van der Waals surface area contributed by atoms with Gasteiger partial charge in [0, 0.05) is 0 Å². The third kappa shape index (κ3) is 5.52. The average Bonchev–Trinajstić information content (AvgIpc) is 2.56. The maximum Gasteiger partial charge on any atom is 0.258 e. The van der Waals surface area contributed by atoms with Crippen LogP contribution in [0.1, 0.15) is 29.2 Å². The van der Waals surface area contributed by atoms with Crippen molar-refractivity contribution in [2.75, 3.05) is 13.2 Å². The van der Waals surface area contributed by atoms with Crippen LogP contribution in [0.5, 0.6) is 11.5 Å². The average molecular weight is 341 g/mol. The Morgan fingerprint density at radius 1 is 1.00 bits per heavy atom. The zero-order chi connectivity index (χ0) is 18.4. The summed E-state index contributed by atoms with van der Waals surface area (Å²) < 4.78 is 11.4. The van der Waals surface area contributed by atoms with Crippen molar-refractivity contribution in [2.45, 2.75) is 40.7 Å². The zero-order valence-electron chi connectivity index (χ0n) is 15.7. The van der Waals surface area contributed by atoms with Crippen LogP contribution in [0.15, 0.2) is 36.4 Å². The number of hydrogen-bond donors (Lipinski definition) is 1. The molecule has 0 aromatic heterocycles. The normalized spacial score (nSPS) is 11.7. The van der Waals surface area contributed by atoms with Crippen molar-refractivity contribution in [3.8, 4) is 11.5 Å². The lowest BCUT2D eigenvalue weighted by Gasteiger charge is -2.17. The number of amides is 1. The molecule has 0 aliphatic heterocycles. The first-order valence-electron chi connectivity index (χ1n) is 8.55. The van der Waals surface area contributed by atoms with Crippen LogP contribution in [-0.4, -0.2) is 25.2 Å². The van der Waals surface area contributed by atoms with E-state index in [0.717, 1.165) is 33.8 Å². The Hall–Kier alpha value is -2.49. The summed E-state index contributed by atoms with van der Waals surface area (Å²) in [6, 6.07) is 11.8. The van der Waals surface area contributed by atoms with Crippen molar-refractivity contribution in [3.05, 3.63) is 58.7 Å². The highest BCUT2D eigenvalue weighted by Crippen LogP contribution is 2.23. The molecule has 2 rings (SSSR count). The molecule has 0 fully saturated rings. The van der Waals surface area contributed by atoms with Gasteiger partial charge in [-0.25, -0.2) is 0 Å². The van der Waals surface area contributed by atoms with Gasteiger partial charge in [-0.15, -0.1) is 0 Å². The van der Waals surface area contributed by atoms with Crippen LogP contribution < -0.4 is 14.8 Å². The van der Waals surface area contributed by atoms with Gasteiger partial charge in [0.25, 0.3) is 5.91 Å². The van der Waals surface area contributed by atoms with Crippen LogP contribution in [-0.2, 0) is 4.79 Å². The van der Waals surface area contributed by atoms with E-state index in [1.54, 1.807) is 0 Å². The third-order valence-corrected chi connectivity index (χ3v) is 4.11. The Balaban J connectivity index is 1.81. The first-order valence-corrected chi connectivity index (χ1v) is 8.55. The predicted octanol–water partition coefficient (Wildman–Crippen LogP) is 3.88. The second-order valence-corrected chi connectivity index (χ2v) is 6.54. The minimum Gasteiger partial charge on any atom is -0.491 e. The van der Waals surface area contributed by atoms with Crippen molar-refractivity contribution in [3.63, 3.8) is 0 Å². The molecule has 1 amide bonds. The minimum atomic E-state index is -0.153. The molecular formula is C21H27NO3. The highest BCUT2D eigenvalue weighted by Gasteiger charge is 2.11. The number of benzene rings is 2. The molecule has 134 valence electrons. The quantitative estimate of drug-likeness (QED) is 0.831. The SMILES string of the molecule is Cc1cc(C)c(C)c(OCC(=O)N[C@H](C)COc2ccccc2C)c1. The van der Waals surface area contributed by atoms with E-state index in [1.165, 1.54) is 0 Å². The van der Waals surface area contributed by atoms with Crippen LogP contribution in [0.2, 0.25) is 0 Å². The topological polar surface area (TPSA) is 47.6 Å². The van der Waals surface area contributed by atoms with Gasteiger partial charge >= 0.3 is 0 Å². The van der Waals surface area contributed by atoms with Gasteiger partial charge < -0.3 is 14.8 Å². The molecule has 0 saturated carbocycles. The molecule has 0 bridgehead atoms. The fourth-order valence-corrected chi connectivity index (χ4v) is 2.59. The summed E-state index contributed by atoms with van der Waals surface area (Å²) in [6.07, 6.45) is 0. The van der Waals surface area contributed by atoms with Crippen LogP contribution in [0.25, 0.3) is 0 Å². The van der Waals surface area contributed by atoms with Gasteiger partial charge in [-0.2, -0.15) is 0 Å². The monoisotopic (exact) mass is 341 g/mol. The van der Waals surface area contributed by atoms with Gasteiger partial charge in [0.05, 0.1) is 6.04 Å². The molecule has 0 radical (unpaired) electrons. The molecule has 1 atom stereocenters. The van der Waals surface area contributed by atoms with Gasteiger partial charge in [0.2, 0.25) is 0 Å². The number of nitrogens with one attached hydrogen (secondary N) is 1. The molecular weight excluding hydrogens is 314 g/mol. The Morgan fingerprint density at radius 2 is 1.72 bits per heavy atom. The van der Waals surface area contributed by atoms with Crippen LogP contribution in [0.4, 0.5) is 0 Å². The lowest BCUT2D eigenvalue weighted by molar-refractivity contribution is -0.123. The molecule has 25 heavy (non-hydrogen) atoms. The van der Waals surface area contributed by atoms with Crippen molar-refractivity contribution in [2.24, 2.45) is 0 Å². The molecule has 0 aliphatic carbocycles. The Bertz CT molecular complexity index is 740. The molecule has 0 unspecified atom stereocenters. The summed E-state index contributed by atoms with van der Waals surface area (Å²) in [5.74, 6) is 1.45. The molecule has 4 heteroatoms. The number of carbonyl (C=O) groups is 1. The van der Waals surface area contributed by atoms with Gasteiger partial charge in [0.15, 0.2) is 6.61 Å². The molecule has 0 saturated heterocycles. The van der Waals surface area contributed by atoms with Crippen molar-refractivity contribution in [1.29, 1.82) is 0 Å². The van der Waals surface area contributed by atoms with E-state index >= 15 is 0 Å². The summed E-state index contributed by atoms with van der Waals surface area (Å²) in [5, 5.41) is 2.90. The van der Waals surface area contributed by atoms with Gasteiger partial charge in [-0.05, 0) is 69.0 Å². The third-order valence-electron chi connectivity index (χ3n) is 4.11. The standard InChI is InChI=1S/C21H27NO3/c1-14-10-16(3)18(5)20(11-14)25-13-21(23)22-17(4)12-24-19-9-7-6-8-15(19)2/h6-11,17H,12-13H2,1-5H3,(H,22,23)/t17-/m1/s1. The highest BCUT2D eigenvalue weighted by atomic mass is 16.5. The largest absolute Gasteiger partial charge is 0.491 e. The number of para-hydroxylation sites is 1. The van der Waals surface area contributed by atoms with Crippen LogP contribution in [0, 0.1) is 27.7 Å². The Kier molecular flexibility index (Phi) is 6.45. The van der Waals surface area contributed by atoms with E-state index in [9.17, 15) is 4.79 Å². The summed E-state index contributed by atoms with van der Waals surface area (Å²) in [4.78, 5) is 12.1. The lowest BCUT2D eigenvalue weighted by atomic mass is 10.1. The fraction of sp³-hybridized carbons (Fsp3) is 0.381. The maximum absolute atomic E-state index is 12.1. The van der Waals surface area contributed by atoms with E-state index < -0.39 is 0 Å². The summed E-state index contributed by atoms with van der Waals surface area (Å²) >= 11 is 0. The number of hydrogen-bond acceptors (Lipinski definition) is 3. The summed E-state index contributed by atoms with van der Waals surface area (Å²) in [6.45, 7) is 10.4. The summed E-state index contributed by atoms with van der Waals surface area (Å²) in [5.41, 5.74) is 4.43. The number of rotatable bonds is 7. The van der Waals surface area contributed by atoms with Crippen molar-refractivity contribution < 1.29 is 14.3 Å². The van der Waals surface area contributed by atoms with E-state index in [2.05, 4.69) is 11.4 Å². The fourth-order valence-electron chi connectivity index (χ4n) is 2.59. The molecule has 0 heterocycles. The van der Waals surface area contributed by atoms with Crippen molar-refractivity contribution in [1.82, 2.24) is 5.32 Å². The molecule has 0 aliphatic rings. The highest BCUT2D eigenvalue weighted by molar-refractivity contribution is 5.77. The minimum absolute atomic E-state index is 0.00155. The van der Waals surface area contributed by atoms with Crippen LogP contribution >= 0.6 is 0 Å². The maximum atomic E-state index is 12.1. The second-order valence-electron chi connectivity index (χ2n) is 6.54. The smallest absolute Gasteiger partial charge is 0.258 e. The second kappa shape index (κ2) is 8.56. The number of aryl methyl sites for hydroxylation is 3. The van der Waals surface area contributed by atoms with Crippen molar-refractivity contribution >= 4 is 5.91 Å². The Labute approximate surface area is 150 Å². The molecule has 0 spiro atoms. The Morgan fingerprint density at radius 3 is 2.44 bits per heavy atom. The van der Waals surface area contributed by atoms with E-state index in [0.29, 0.717) is 6.61 Å². The predicted molar refractivity (Wildman–Crippen MR) is 100 cm³/mol. The molecule has 4 nitrogen and oxygen atoms in total. The van der Waals surface area contributed by atoms with Gasteiger partial charge in [-0.1, -0.05) is 24.3 Å². The van der Waals surface area contributed by atoms with E-state index in [-0.39, 0.29) is 18.6 Å². The number of ether oxygens (including phenoxy) is 2. The zero-order valence-corrected chi connectivity index (χ0v) is 15.7. The molecule has 2 aromatic carbocycles. The summed E-state index contributed by atoms with van der Waals surface area (Å²) in [7, 11) is 0. The van der Waals surface area contributed by atoms with Gasteiger partial charge in [0.1, 0.15) is 18.1 Å². The van der Waals surface area contributed by atoms with Gasteiger partial charge in [-0.3, -0.25) is 4.79 Å². The van der Waals surface area contributed by atoms with E-state index in [1.807, 2.05) is 65.0 Å². The first-order chi connectivity index (χ1) is 11.9. The van der Waals surface area contributed by atoms with E-state index in [4.69, 9.17) is 9.47 Å².